The van der Waals surface area contributed by atoms with E-state index in [4.69, 9.17) is 0 Å². The molecule has 0 aliphatic carbocycles. The van der Waals surface area contributed by atoms with Crippen molar-refractivity contribution in [3.63, 3.8) is 0 Å². The van der Waals surface area contributed by atoms with Crippen LogP contribution >= 0.6 is 0 Å². The van der Waals surface area contributed by atoms with Gasteiger partial charge < -0.3 is 4.57 Å². The molecule has 4 aromatic rings. The molecule has 0 radical (unpaired) electrons. The third-order valence-corrected chi connectivity index (χ3v) is 5.75. The largest absolute Gasteiger partial charge is 0.342 e. The fourth-order valence-corrected chi connectivity index (χ4v) is 4.19. The van der Waals surface area contributed by atoms with Gasteiger partial charge in [0.05, 0.1) is 5.69 Å². The number of nitrogens with one attached hydrogen (secondary N) is 1. The van der Waals surface area contributed by atoms with Gasteiger partial charge in [-0.25, -0.2) is 14.1 Å². The minimum atomic E-state index is -0.987. The highest BCUT2D eigenvalue weighted by Crippen LogP contribution is 2.28. The molecule has 0 unspecified atom stereocenters. The number of barbiturate groups is 1. The van der Waals surface area contributed by atoms with E-state index < -0.39 is 23.7 Å². The van der Waals surface area contributed by atoms with Crippen LogP contribution in [0.5, 0.6) is 0 Å². The number of carbonyl (C=O) groups is 3. The second kappa shape index (κ2) is 8.44. The summed E-state index contributed by atoms with van der Waals surface area (Å²) < 4.78 is 16.4. The van der Waals surface area contributed by atoms with Crippen LogP contribution in [0.4, 0.5) is 14.9 Å². The second-order valence-corrected chi connectivity index (χ2v) is 8.13. The van der Waals surface area contributed by atoms with Gasteiger partial charge in [0, 0.05) is 29.2 Å². The molecule has 0 spiro atoms. The zero-order valence-corrected chi connectivity index (χ0v) is 18.3. The third kappa shape index (κ3) is 3.77. The maximum atomic E-state index is 14.3. The predicted octanol–water partition coefficient (Wildman–Crippen LogP) is 4.80. The van der Waals surface area contributed by atoms with Crippen molar-refractivity contribution in [2.45, 2.75) is 13.5 Å². The van der Waals surface area contributed by atoms with Gasteiger partial charge in [0.1, 0.15) is 11.4 Å². The number of hydrogen-bond acceptors (Lipinski definition) is 3. The number of rotatable bonds is 4. The minimum Gasteiger partial charge on any atom is -0.342 e. The molecule has 0 saturated carbocycles. The average Bonchev–Trinajstić information content (AvgIpc) is 3.15. The molecule has 1 saturated heterocycles. The number of urea groups is 1. The number of hydrogen-bond donors (Lipinski definition) is 1. The maximum absolute atomic E-state index is 14.3. The number of amides is 4. The van der Waals surface area contributed by atoms with E-state index in [1.165, 1.54) is 24.3 Å². The fourth-order valence-electron chi connectivity index (χ4n) is 4.19. The number of anilines is 1. The summed E-state index contributed by atoms with van der Waals surface area (Å²) in [7, 11) is 0. The Hall–Kier alpha value is -4.52. The first kappa shape index (κ1) is 21.3. The Balaban J connectivity index is 1.58. The standard InChI is InChI=1S/C27H20FN3O3/c1-17-7-6-8-18(13-17)15-30-16-19(20-9-2-4-11-23(20)30)14-21-25(32)29-27(34)31(26(21)33)24-12-5-3-10-22(24)28/h2-14,16H,15H2,1H3,(H,29,32,34)/b21-14+. The van der Waals surface area contributed by atoms with Gasteiger partial charge in [-0.15, -0.1) is 0 Å². The molecule has 7 heteroatoms. The van der Waals surface area contributed by atoms with Crippen molar-refractivity contribution >= 4 is 40.5 Å². The minimum absolute atomic E-state index is 0.217. The normalized spacial score (nSPS) is 15.3. The van der Waals surface area contributed by atoms with Crippen LogP contribution in [0.3, 0.4) is 0 Å². The predicted molar refractivity (Wildman–Crippen MR) is 128 cm³/mol. The molecule has 1 aliphatic heterocycles. The van der Waals surface area contributed by atoms with E-state index in [-0.39, 0.29) is 11.3 Å². The molecule has 4 amide bonds. The van der Waals surface area contributed by atoms with Crippen LogP contribution in [-0.4, -0.2) is 22.4 Å². The van der Waals surface area contributed by atoms with E-state index in [9.17, 15) is 18.8 Å². The lowest BCUT2D eigenvalue weighted by Crippen LogP contribution is -2.54. The number of para-hydroxylation sites is 2. The highest BCUT2D eigenvalue weighted by atomic mass is 19.1. The summed E-state index contributed by atoms with van der Waals surface area (Å²) in [6.07, 6.45) is 3.32. The highest BCUT2D eigenvalue weighted by Gasteiger charge is 2.38. The number of carbonyl (C=O) groups excluding carboxylic acids is 3. The summed E-state index contributed by atoms with van der Waals surface area (Å²) in [6.45, 7) is 2.63. The van der Waals surface area contributed by atoms with Gasteiger partial charge in [0.2, 0.25) is 0 Å². The summed E-state index contributed by atoms with van der Waals surface area (Å²) in [5, 5.41) is 2.99. The number of fused-ring (bicyclic) bond motifs is 1. The lowest BCUT2D eigenvalue weighted by atomic mass is 10.1. The highest BCUT2D eigenvalue weighted by molar-refractivity contribution is 6.39. The van der Waals surface area contributed by atoms with Crippen LogP contribution in [-0.2, 0) is 16.1 Å². The van der Waals surface area contributed by atoms with E-state index in [0.29, 0.717) is 17.0 Å². The molecule has 1 aromatic heterocycles. The van der Waals surface area contributed by atoms with Gasteiger partial charge in [-0.1, -0.05) is 60.2 Å². The van der Waals surface area contributed by atoms with Crippen molar-refractivity contribution in [3.05, 3.63) is 107 Å². The third-order valence-electron chi connectivity index (χ3n) is 5.75. The van der Waals surface area contributed by atoms with Crippen molar-refractivity contribution in [3.8, 4) is 0 Å². The second-order valence-electron chi connectivity index (χ2n) is 8.13. The first-order valence-electron chi connectivity index (χ1n) is 10.7. The number of imide groups is 2. The average molecular weight is 453 g/mol. The van der Waals surface area contributed by atoms with Crippen molar-refractivity contribution in [1.29, 1.82) is 0 Å². The van der Waals surface area contributed by atoms with Crippen LogP contribution in [0.2, 0.25) is 0 Å². The number of aryl methyl sites for hydroxylation is 1. The van der Waals surface area contributed by atoms with Crippen LogP contribution in [0.15, 0.2) is 84.6 Å². The Kier molecular flexibility index (Phi) is 5.30. The topological polar surface area (TPSA) is 71.4 Å². The summed E-state index contributed by atoms with van der Waals surface area (Å²) in [5.41, 5.74) is 3.37. The Morgan fingerprint density at radius 2 is 1.71 bits per heavy atom. The zero-order chi connectivity index (χ0) is 23.8. The monoisotopic (exact) mass is 453 g/mol. The van der Waals surface area contributed by atoms with Crippen LogP contribution in [0.1, 0.15) is 16.7 Å². The molecule has 2 heterocycles. The lowest BCUT2D eigenvalue weighted by Gasteiger charge is -2.26. The molecular weight excluding hydrogens is 433 g/mol. The van der Waals surface area contributed by atoms with E-state index >= 15 is 0 Å². The SMILES string of the molecule is Cc1cccc(Cn2cc(/C=C3\C(=O)NC(=O)N(c4ccccc4F)C3=O)c3ccccc32)c1. The fraction of sp³-hybridized carbons (Fsp3) is 0.0741. The van der Waals surface area contributed by atoms with E-state index in [0.717, 1.165) is 28.1 Å². The number of aromatic nitrogens is 1. The zero-order valence-electron chi connectivity index (χ0n) is 18.3. The Morgan fingerprint density at radius 3 is 2.50 bits per heavy atom. The number of benzene rings is 3. The number of nitrogens with zero attached hydrogens (tertiary/aromatic N) is 2. The van der Waals surface area contributed by atoms with Crippen LogP contribution in [0, 0.1) is 12.7 Å². The smallest absolute Gasteiger partial charge is 0.336 e. The summed E-state index contributed by atoms with van der Waals surface area (Å²) in [5.74, 6) is -2.44. The van der Waals surface area contributed by atoms with E-state index in [1.54, 1.807) is 0 Å². The van der Waals surface area contributed by atoms with Crippen molar-refractivity contribution in [1.82, 2.24) is 9.88 Å². The van der Waals surface area contributed by atoms with Gasteiger partial charge in [0.25, 0.3) is 11.8 Å². The molecule has 6 nitrogen and oxygen atoms in total. The Morgan fingerprint density at radius 1 is 0.941 bits per heavy atom. The van der Waals surface area contributed by atoms with Crippen molar-refractivity contribution in [2.24, 2.45) is 0 Å². The molecule has 3 aromatic carbocycles. The van der Waals surface area contributed by atoms with Gasteiger partial charge >= 0.3 is 6.03 Å². The summed E-state index contributed by atoms with van der Waals surface area (Å²) in [6, 6.07) is 20.3. The van der Waals surface area contributed by atoms with Gasteiger partial charge in [-0.2, -0.15) is 0 Å². The lowest BCUT2D eigenvalue weighted by molar-refractivity contribution is -0.122. The molecule has 168 valence electrons. The molecule has 0 bridgehead atoms. The van der Waals surface area contributed by atoms with E-state index in [1.807, 2.05) is 60.2 Å². The molecule has 1 fully saturated rings. The molecular formula is C27H20FN3O3. The van der Waals surface area contributed by atoms with Gasteiger partial charge in [-0.05, 0) is 36.8 Å². The molecule has 0 atom stereocenters. The molecule has 34 heavy (non-hydrogen) atoms. The first-order chi connectivity index (χ1) is 16.4. The van der Waals surface area contributed by atoms with Gasteiger partial charge in [0.15, 0.2) is 0 Å². The summed E-state index contributed by atoms with van der Waals surface area (Å²) in [4.78, 5) is 38.8. The maximum Gasteiger partial charge on any atom is 0.336 e. The molecule has 5 rings (SSSR count). The molecule has 1 aliphatic rings. The van der Waals surface area contributed by atoms with E-state index in [2.05, 4.69) is 11.4 Å². The van der Waals surface area contributed by atoms with Crippen LogP contribution < -0.4 is 10.2 Å². The number of halogens is 1. The Bertz CT molecular complexity index is 1500. The van der Waals surface area contributed by atoms with Crippen molar-refractivity contribution < 1.29 is 18.8 Å². The van der Waals surface area contributed by atoms with Gasteiger partial charge in [-0.3, -0.25) is 14.9 Å². The quantitative estimate of drug-likeness (QED) is 0.356. The molecule has 1 N–H and O–H groups in total. The Labute approximate surface area is 194 Å². The first-order valence-corrected chi connectivity index (χ1v) is 10.7. The van der Waals surface area contributed by atoms with Crippen LogP contribution in [0.25, 0.3) is 17.0 Å². The summed E-state index contributed by atoms with van der Waals surface area (Å²) >= 11 is 0. The van der Waals surface area contributed by atoms with Crippen molar-refractivity contribution in [2.75, 3.05) is 4.90 Å².